The van der Waals surface area contributed by atoms with E-state index in [2.05, 4.69) is 51.7 Å². The van der Waals surface area contributed by atoms with E-state index < -0.39 is 0 Å². The molecule has 0 fully saturated rings. The van der Waals surface area contributed by atoms with E-state index in [-0.39, 0.29) is 16.6 Å². The Labute approximate surface area is 107 Å². The molecule has 0 spiro atoms. The number of hydrogen-bond acceptors (Lipinski definition) is 0. The Hall–Kier alpha value is -0.355. The number of fused-ring (bicyclic) bond motifs is 1. The van der Waals surface area contributed by atoms with Crippen LogP contribution in [0.25, 0.3) is 0 Å². The van der Waals surface area contributed by atoms with Gasteiger partial charge >= 0.3 is 0 Å². The van der Waals surface area contributed by atoms with Crippen molar-refractivity contribution in [2.45, 2.75) is 51.9 Å². The molecule has 92 valence electrons. The molecule has 0 aromatic heterocycles. The molecular weight excluding hydrogens is 229 g/mol. The number of hydrogen-bond donors (Lipinski definition) is 0. The lowest BCUT2D eigenvalue weighted by Crippen LogP contribution is -2.46. The van der Waals surface area contributed by atoms with Crippen molar-refractivity contribution in [1.29, 1.82) is 0 Å². The van der Waals surface area contributed by atoms with E-state index in [0.717, 1.165) is 22.8 Å². The Balaban J connectivity index is 2.78. The molecule has 1 aromatic carbocycles. The minimum Gasteiger partial charge on any atom is -0.206 e. The molecule has 0 N–H and O–H groups in total. The summed E-state index contributed by atoms with van der Waals surface area (Å²) in [5.74, 6) is -0.0217. The maximum Gasteiger partial charge on any atom is 0.140 e. The summed E-state index contributed by atoms with van der Waals surface area (Å²) >= 11 is 0. The highest BCUT2D eigenvalue weighted by atomic mass is 31.0. The van der Waals surface area contributed by atoms with E-state index in [1.165, 1.54) is 11.1 Å². The van der Waals surface area contributed by atoms with Gasteiger partial charge in [0.1, 0.15) is 13.7 Å². The maximum absolute atomic E-state index is 14.6. The van der Waals surface area contributed by atoms with Crippen LogP contribution in [0.15, 0.2) is 0 Å². The first-order valence-electron chi connectivity index (χ1n) is 6.18. The second-order valence-corrected chi connectivity index (χ2v) is 7.47. The molecule has 2 rings (SSSR count). The van der Waals surface area contributed by atoms with Crippen molar-refractivity contribution < 1.29 is 4.39 Å². The van der Waals surface area contributed by atoms with Crippen LogP contribution < -0.4 is 10.8 Å². The van der Waals surface area contributed by atoms with Gasteiger partial charge in [0.2, 0.25) is 0 Å². The van der Waals surface area contributed by atoms with E-state index in [9.17, 15) is 4.39 Å². The second kappa shape index (κ2) is 3.57. The Bertz CT molecular complexity index is 475. The fraction of sp³-hybridized carbons (Fsp3) is 0.571. The number of rotatable bonds is 0. The average Bonchev–Trinajstić information content (AvgIpc) is 2.10. The molecule has 0 saturated carbocycles. The first-order chi connectivity index (χ1) is 7.57. The Kier molecular flexibility index (Phi) is 2.75. The third kappa shape index (κ3) is 1.76. The zero-order valence-electron chi connectivity index (χ0n) is 11.7. The van der Waals surface area contributed by atoms with Crippen LogP contribution in [0.5, 0.6) is 0 Å². The Morgan fingerprint density at radius 1 is 1.29 bits per heavy atom. The van der Waals surface area contributed by atoms with Gasteiger partial charge in [0.05, 0.1) is 0 Å². The zero-order valence-corrected chi connectivity index (χ0v) is 12.8. The summed E-state index contributed by atoms with van der Waals surface area (Å²) in [4.78, 5) is 0. The molecule has 0 saturated heterocycles. The number of halogens is 1. The highest BCUT2D eigenvalue weighted by molar-refractivity contribution is 7.27. The number of benzene rings is 1. The average molecular weight is 250 g/mol. The smallest absolute Gasteiger partial charge is 0.140 e. The predicted octanol–water partition coefficient (Wildman–Crippen LogP) is 1.72. The molecule has 0 bridgehead atoms. The monoisotopic (exact) mass is 250 g/mol. The summed E-state index contributed by atoms with van der Waals surface area (Å²) in [6, 6.07) is 0. The highest BCUT2D eigenvalue weighted by Gasteiger charge is 2.40. The van der Waals surface area contributed by atoms with E-state index >= 15 is 0 Å². The van der Waals surface area contributed by atoms with Crippen molar-refractivity contribution >= 4 is 27.9 Å². The third-order valence-corrected chi connectivity index (χ3v) is 4.44. The van der Waals surface area contributed by atoms with Gasteiger partial charge in [0.15, 0.2) is 0 Å². The molecule has 0 heterocycles. The first kappa shape index (κ1) is 13.1. The summed E-state index contributed by atoms with van der Waals surface area (Å²) in [6.07, 6.45) is 1.07. The Morgan fingerprint density at radius 3 is 2.24 bits per heavy atom. The van der Waals surface area contributed by atoms with Gasteiger partial charge in [-0.15, -0.1) is 9.24 Å². The minimum atomic E-state index is -0.131. The van der Waals surface area contributed by atoms with Crippen molar-refractivity contribution in [2.75, 3.05) is 0 Å². The van der Waals surface area contributed by atoms with Crippen molar-refractivity contribution in [3.8, 4) is 0 Å². The molecule has 1 atom stereocenters. The molecule has 3 heteroatoms. The van der Waals surface area contributed by atoms with Gasteiger partial charge in [-0.2, -0.15) is 0 Å². The van der Waals surface area contributed by atoms with Crippen molar-refractivity contribution in [3.05, 3.63) is 22.5 Å². The van der Waals surface area contributed by atoms with Crippen LogP contribution in [0.2, 0.25) is 0 Å². The highest BCUT2D eigenvalue weighted by Crippen LogP contribution is 2.41. The second-order valence-electron chi connectivity index (χ2n) is 6.89. The molecule has 1 unspecified atom stereocenters. The standard InChI is InChI=1S/C14H21BFP/c1-13(2,3)9-10(15)7-6-14(4,5)8(7)12(17)11(9)16/h6,15,17H2,1-5H3. The van der Waals surface area contributed by atoms with E-state index in [1.807, 2.05) is 0 Å². The van der Waals surface area contributed by atoms with Crippen LogP contribution in [-0.4, -0.2) is 7.85 Å². The molecule has 1 aromatic rings. The van der Waals surface area contributed by atoms with Gasteiger partial charge in [0.25, 0.3) is 0 Å². The molecule has 0 amide bonds. The topological polar surface area (TPSA) is 0 Å². The van der Waals surface area contributed by atoms with Crippen LogP contribution >= 0.6 is 9.24 Å². The van der Waals surface area contributed by atoms with Gasteiger partial charge in [-0.3, -0.25) is 0 Å². The van der Waals surface area contributed by atoms with Crippen LogP contribution in [0.1, 0.15) is 51.3 Å². The van der Waals surface area contributed by atoms with Gasteiger partial charge in [-0.05, 0) is 33.9 Å². The summed E-state index contributed by atoms with van der Waals surface area (Å²) in [6.45, 7) is 10.6. The van der Waals surface area contributed by atoms with Gasteiger partial charge in [-0.25, -0.2) is 4.39 Å². The molecular formula is C14H21BFP. The zero-order chi connectivity index (χ0) is 13.2. The summed E-state index contributed by atoms with van der Waals surface area (Å²) in [5.41, 5.74) is 4.63. The van der Waals surface area contributed by atoms with E-state index in [4.69, 9.17) is 0 Å². The lowest BCUT2D eigenvalue weighted by atomic mass is 9.60. The fourth-order valence-electron chi connectivity index (χ4n) is 3.22. The summed E-state index contributed by atoms with van der Waals surface area (Å²) in [5, 5.41) is 0.784. The van der Waals surface area contributed by atoms with Crippen LogP contribution in [-0.2, 0) is 17.3 Å². The van der Waals surface area contributed by atoms with Gasteiger partial charge < -0.3 is 0 Å². The first-order valence-corrected chi connectivity index (χ1v) is 6.76. The van der Waals surface area contributed by atoms with Crippen LogP contribution in [0.4, 0.5) is 4.39 Å². The maximum atomic E-state index is 14.6. The molecule has 0 nitrogen and oxygen atoms in total. The molecule has 1 aliphatic carbocycles. The molecule has 0 aliphatic heterocycles. The van der Waals surface area contributed by atoms with Crippen LogP contribution in [0, 0.1) is 5.82 Å². The summed E-state index contributed by atoms with van der Waals surface area (Å²) in [7, 11) is 4.68. The van der Waals surface area contributed by atoms with E-state index in [1.54, 1.807) is 0 Å². The van der Waals surface area contributed by atoms with Gasteiger partial charge in [-0.1, -0.05) is 40.1 Å². The lowest BCUT2D eigenvalue weighted by molar-refractivity contribution is 0.450. The van der Waals surface area contributed by atoms with Crippen LogP contribution in [0.3, 0.4) is 0 Å². The molecule has 1 aliphatic rings. The lowest BCUT2D eigenvalue weighted by Gasteiger charge is -2.43. The van der Waals surface area contributed by atoms with Crippen molar-refractivity contribution in [3.63, 3.8) is 0 Å². The largest absolute Gasteiger partial charge is 0.206 e. The summed E-state index contributed by atoms with van der Waals surface area (Å²) < 4.78 is 14.6. The van der Waals surface area contributed by atoms with Crippen molar-refractivity contribution in [2.24, 2.45) is 0 Å². The van der Waals surface area contributed by atoms with Gasteiger partial charge in [0, 0.05) is 5.30 Å². The molecule has 17 heavy (non-hydrogen) atoms. The predicted molar refractivity (Wildman–Crippen MR) is 79.4 cm³/mol. The van der Waals surface area contributed by atoms with E-state index in [0.29, 0.717) is 0 Å². The SMILES string of the molecule is Bc1c2c(c(P)c(F)c1C(C)(C)C)C(C)(C)C2. The minimum absolute atomic E-state index is 0.0217. The normalized spacial score (nSPS) is 17.6. The third-order valence-electron chi connectivity index (χ3n) is 3.90. The Morgan fingerprint density at radius 2 is 1.82 bits per heavy atom. The van der Waals surface area contributed by atoms with Crippen molar-refractivity contribution in [1.82, 2.24) is 0 Å². The fourth-order valence-corrected chi connectivity index (χ4v) is 3.93. The molecule has 0 radical (unpaired) electrons. The quantitative estimate of drug-likeness (QED) is 0.485.